The fourth-order valence-corrected chi connectivity index (χ4v) is 2.70. The lowest BCUT2D eigenvalue weighted by Gasteiger charge is -2.20. The van der Waals surface area contributed by atoms with Gasteiger partial charge in [-0.2, -0.15) is 0 Å². The van der Waals surface area contributed by atoms with Crippen LogP contribution in [-0.2, 0) is 9.84 Å². The Morgan fingerprint density at radius 2 is 1.88 bits per heavy atom. The predicted molar refractivity (Wildman–Crippen MR) is 65.1 cm³/mol. The van der Waals surface area contributed by atoms with Crippen LogP contribution in [0.25, 0.3) is 0 Å². The zero-order chi connectivity index (χ0) is 12.3. The van der Waals surface area contributed by atoms with Gasteiger partial charge < -0.3 is 5.11 Å². The number of sulfone groups is 1. The van der Waals surface area contributed by atoms with Crippen LogP contribution in [0.15, 0.2) is 24.3 Å². The SMILES string of the molecule is CCS(=O)(=O)[C@H](C)[C@H](O)c1ccccc1C. The van der Waals surface area contributed by atoms with Crippen molar-refractivity contribution in [2.45, 2.75) is 32.1 Å². The summed E-state index contributed by atoms with van der Waals surface area (Å²) in [6, 6.07) is 7.30. The zero-order valence-electron chi connectivity index (χ0n) is 9.84. The van der Waals surface area contributed by atoms with Gasteiger partial charge in [-0.1, -0.05) is 31.2 Å². The molecule has 90 valence electrons. The molecule has 0 aromatic heterocycles. The summed E-state index contributed by atoms with van der Waals surface area (Å²) in [4.78, 5) is 0. The summed E-state index contributed by atoms with van der Waals surface area (Å²) in [5.41, 5.74) is 1.60. The molecule has 1 aromatic rings. The van der Waals surface area contributed by atoms with Crippen LogP contribution in [0, 0.1) is 6.92 Å². The third-order valence-electron chi connectivity index (χ3n) is 2.92. The number of rotatable bonds is 4. The van der Waals surface area contributed by atoms with Gasteiger partial charge in [0.05, 0.1) is 11.4 Å². The van der Waals surface area contributed by atoms with Gasteiger partial charge in [0.1, 0.15) is 0 Å². The minimum Gasteiger partial charge on any atom is -0.387 e. The van der Waals surface area contributed by atoms with E-state index in [-0.39, 0.29) is 5.75 Å². The molecule has 16 heavy (non-hydrogen) atoms. The summed E-state index contributed by atoms with van der Waals surface area (Å²) in [5.74, 6) is 0.0527. The van der Waals surface area contributed by atoms with Gasteiger partial charge in [0.15, 0.2) is 9.84 Å². The van der Waals surface area contributed by atoms with E-state index in [2.05, 4.69) is 0 Å². The van der Waals surface area contributed by atoms with Crippen LogP contribution in [0.5, 0.6) is 0 Å². The van der Waals surface area contributed by atoms with Crippen molar-refractivity contribution in [2.75, 3.05) is 5.75 Å². The standard InChI is InChI=1S/C12H18O3S/c1-4-16(14,15)10(3)12(13)11-8-6-5-7-9(11)2/h5-8,10,12-13H,4H2,1-3H3/t10-,12+/m1/s1. The van der Waals surface area contributed by atoms with Gasteiger partial charge in [0.25, 0.3) is 0 Å². The second kappa shape index (κ2) is 4.97. The topological polar surface area (TPSA) is 54.4 Å². The molecule has 1 rings (SSSR count). The number of aliphatic hydroxyl groups excluding tert-OH is 1. The highest BCUT2D eigenvalue weighted by Gasteiger charge is 2.28. The van der Waals surface area contributed by atoms with Gasteiger partial charge in [0.2, 0.25) is 0 Å². The molecule has 1 aromatic carbocycles. The third-order valence-corrected chi connectivity index (χ3v) is 5.12. The first-order chi connectivity index (χ1) is 7.40. The summed E-state index contributed by atoms with van der Waals surface area (Å²) in [7, 11) is -3.21. The van der Waals surface area contributed by atoms with Gasteiger partial charge >= 0.3 is 0 Å². The van der Waals surface area contributed by atoms with Crippen LogP contribution in [0.4, 0.5) is 0 Å². The molecule has 4 heteroatoms. The quantitative estimate of drug-likeness (QED) is 0.876. The Morgan fingerprint density at radius 1 is 1.31 bits per heavy atom. The fourth-order valence-electron chi connectivity index (χ4n) is 1.63. The van der Waals surface area contributed by atoms with Crippen molar-refractivity contribution in [1.82, 2.24) is 0 Å². The highest BCUT2D eigenvalue weighted by molar-refractivity contribution is 7.92. The molecule has 0 fully saturated rings. The van der Waals surface area contributed by atoms with Crippen molar-refractivity contribution < 1.29 is 13.5 Å². The average molecular weight is 242 g/mol. The molecule has 0 saturated carbocycles. The van der Waals surface area contributed by atoms with Crippen molar-refractivity contribution in [3.8, 4) is 0 Å². The normalized spacial score (nSPS) is 15.8. The van der Waals surface area contributed by atoms with Crippen molar-refractivity contribution in [3.05, 3.63) is 35.4 Å². The van der Waals surface area contributed by atoms with Crippen molar-refractivity contribution in [1.29, 1.82) is 0 Å². The largest absolute Gasteiger partial charge is 0.387 e. The molecule has 1 N–H and O–H groups in total. The van der Waals surface area contributed by atoms with Gasteiger partial charge in [-0.05, 0) is 25.0 Å². The van der Waals surface area contributed by atoms with E-state index >= 15 is 0 Å². The maximum Gasteiger partial charge on any atom is 0.155 e. The monoisotopic (exact) mass is 242 g/mol. The van der Waals surface area contributed by atoms with Crippen LogP contribution in [0.2, 0.25) is 0 Å². The lowest BCUT2D eigenvalue weighted by molar-refractivity contribution is 0.175. The Hall–Kier alpha value is -0.870. The Labute approximate surface area is 97.0 Å². The smallest absolute Gasteiger partial charge is 0.155 e. The highest BCUT2D eigenvalue weighted by Crippen LogP contribution is 2.24. The first kappa shape index (κ1) is 13.2. The van der Waals surface area contributed by atoms with E-state index in [1.807, 2.05) is 19.1 Å². The van der Waals surface area contributed by atoms with E-state index in [4.69, 9.17) is 0 Å². The molecule has 0 unspecified atom stereocenters. The van der Waals surface area contributed by atoms with E-state index in [0.29, 0.717) is 5.56 Å². The highest BCUT2D eigenvalue weighted by atomic mass is 32.2. The van der Waals surface area contributed by atoms with Crippen LogP contribution < -0.4 is 0 Å². The van der Waals surface area contributed by atoms with E-state index in [1.165, 1.54) is 0 Å². The van der Waals surface area contributed by atoms with E-state index in [1.54, 1.807) is 26.0 Å². The van der Waals surface area contributed by atoms with Gasteiger partial charge in [-0.3, -0.25) is 0 Å². The minimum absolute atomic E-state index is 0.0527. The summed E-state index contributed by atoms with van der Waals surface area (Å²) < 4.78 is 23.3. The molecule has 2 atom stereocenters. The van der Waals surface area contributed by atoms with Crippen molar-refractivity contribution >= 4 is 9.84 Å². The Bertz CT molecular complexity index is 451. The lowest BCUT2D eigenvalue weighted by atomic mass is 10.0. The summed E-state index contributed by atoms with van der Waals surface area (Å²) in [6.45, 7) is 5.01. The molecule has 0 aliphatic rings. The molecule has 3 nitrogen and oxygen atoms in total. The molecule has 0 amide bonds. The Morgan fingerprint density at radius 3 is 2.38 bits per heavy atom. The van der Waals surface area contributed by atoms with Crippen LogP contribution in [0.1, 0.15) is 31.1 Å². The molecule has 0 saturated heterocycles. The van der Waals surface area contributed by atoms with E-state index < -0.39 is 21.2 Å². The maximum absolute atomic E-state index is 11.7. The Kier molecular flexibility index (Phi) is 4.10. The predicted octanol–water partition coefficient (Wildman–Crippen LogP) is 1.85. The van der Waals surface area contributed by atoms with E-state index in [9.17, 15) is 13.5 Å². The second-order valence-electron chi connectivity index (χ2n) is 3.96. The first-order valence-electron chi connectivity index (χ1n) is 5.35. The molecule has 0 bridgehead atoms. The van der Waals surface area contributed by atoms with Gasteiger partial charge in [0, 0.05) is 5.75 Å². The summed E-state index contributed by atoms with van der Waals surface area (Å²) in [5, 5.41) is 9.29. The molecular formula is C12H18O3S. The third kappa shape index (κ3) is 2.62. The summed E-state index contributed by atoms with van der Waals surface area (Å²) >= 11 is 0. The average Bonchev–Trinajstić information content (AvgIpc) is 2.27. The van der Waals surface area contributed by atoms with Crippen LogP contribution in [-0.4, -0.2) is 24.5 Å². The van der Waals surface area contributed by atoms with Crippen molar-refractivity contribution in [3.63, 3.8) is 0 Å². The molecule has 0 radical (unpaired) electrons. The molecular weight excluding hydrogens is 224 g/mol. The van der Waals surface area contributed by atoms with Gasteiger partial charge in [-0.15, -0.1) is 0 Å². The number of hydrogen-bond acceptors (Lipinski definition) is 3. The zero-order valence-corrected chi connectivity index (χ0v) is 10.7. The van der Waals surface area contributed by atoms with Crippen LogP contribution in [0.3, 0.4) is 0 Å². The number of aryl methyl sites for hydroxylation is 1. The fraction of sp³-hybridized carbons (Fsp3) is 0.500. The molecule has 0 aliphatic heterocycles. The summed E-state index contributed by atoms with van der Waals surface area (Å²) in [6.07, 6.45) is -0.953. The Balaban J connectivity index is 3.04. The maximum atomic E-state index is 11.7. The van der Waals surface area contributed by atoms with Crippen molar-refractivity contribution in [2.24, 2.45) is 0 Å². The first-order valence-corrected chi connectivity index (χ1v) is 7.07. The molecule has 0 aliphatic carbocycles. The number of hydrogen-bond donors (Lipinski definition) is 1. The molecule has 0 heterocycles. The van der Waals surface area contributed by atoms with E-state index in [0.717, 1.165) is 5.56 Å². The number of aliphatic hydroxyl groups is 1. The second-order valence-corrected chi connectivity index (χ2v) is 6.60. The van der Waals surface area contributed by atoms with Gasteiger partial charge in [-0.25, -0.2) is 8.42 Å². The molecule has 0 spiro atoms. The van der Waals surface area contributed by atoms with Crippen LogP contribution >= 0.6 is 0 Å². The minimum atomic E-state index is -3.21. The number of benzene rings is 1. The lowest BCUT2D eigenvalue weighted by Crippen LogP contribution is -2.27.